The molecule has 0 spiro atoms. The van der Waals surface area contributed by atoms with Crippen LogP contribution in [0.5, 0.6) is 0 Å². The predicted octanol–water partition coefficient (Wildman–Crippen LogP) is 4.18. The fraction of sp³-hybridized carbons (Fsp3) is 0.529. The quantitative estimate of drug-likeness (QED) is 0.653. The summed E-state index contributed by atoms with van der Waals surface area (Å²) in [6.07, 6.45) is 4.75. The van der Waals surface area contributed by atoms with E-state index in [2.05, 4.69) is 57.0 Å². The number of thioether (sulfide) groups is 1. The molecular formula is C17H23NS. The van der Waals surface area contributed by atoms with Crippen LogP contribution in [0.3, 0.4) is 0 Å². The van der Waals surface area contributed by atoms with Gasteiger partial charge in [-0.1, -0.05) is 39.0 Å². The van der Waals surface area contributed by atoms with Gasteiger partial charge in [0.1, 0.15) is 0 Å². The topological polar surface area (TPSA) is 3.24 Å². The van der Waals surface area contributed by atoms with Gasteiger partial charge in [0.05, 0.1) is 0 Å². The van der Waals surface area contributed by atoms with Crippen molar-refractivity contribution in [2.45, 2.75) is 43.5 Å². The third-order valence-corrected chi connectivity index (χ3v) is 5.12. The number of likely N-dealkylation sites (N-methyl/N-ethyl adjacent to an activating group) is 1. The largest absolute Gasteiger partial charge is 0.301 e. The molecule has 0 amide bonds. The molecule has 1 nitrogen and oxygen atoms in total. The van der Waals surface area contributed by atoms with E-state index in [0.717, 1.165) is 18.8 Å². The molecule has 0 radical (unpaired) electrons. The lowest BCUT2D eigenvalue weighted by Gasteiger charge is -2.33. The Kier molecular flexibility index (Phi) is 3.26. The van der Waals surface area contributed by atoms with Crippen LogP contribution < -0.4 is 0 Å². The summed E-state index contributed by atoms with van der Waals surface area (Å²) in [5.41, 5.74) is 4.85. The monoisotopic (exact) mass is 273 g/mol. The summed E-state index contributed by atoms with van der Waals surface area (Å²) in [7, 11) is 2.23. The van der Waals surface area contributed by atoms with Crippen LogP contribution >= 0.6 is 11.8 Å². The van der Waals surface area contributed by atoms with Gasteiger partial charge in [0.2, 0.25) is 0 Å². The Balaban J connectivity index is 2.17. The van der Waals surface area contributed by atoms with Crippen LogP contribution in [0.25, 0.3) is 0 Å². The highest BCUT2D eigenvalue weighted by molar-refractivity contribution is 7.99. The molecule has 0 saturated carbocycles. The zero-order valence-electron chi connectivity index (χ0n) is 12.4. The minimum Gasteiger partial charge on any atom is -0.301 e. The number of nitrogens with zero attached hydrogens (tertiary/aromatic N) is 1. The molecule has 102 valence electrons. The highest BCUT2D eigenvalue weighted by Crippen LogP contribution is 2.41. The average Bonchev–Trinajstić information content (AvgIpc) is 2.51. The Morgan fingerprint density at radius 1 is 1.26 bits per heavy atom. The fourth-order valence-electron chi connectivity index (χ4n) is 3.09. The molecule has 0 saturated heterocycles. The summed E-state index contributed by atoms with van der Waals surface area (Å²) >= 11 is 2.00. The zero-order chi connectivity index (χ0) is 13.6. The summed E-state index contributed by atoms with van der Waals surface area (Å²) < 4.78 is 0. The Hall–Kier alpha value is -0.730. The second-order valence-electron chi connectivity index (χ2n) is 6.84. The van der Waals surface area contributed by atoms with Gasteiger partial charge in [-0.15, -0.1) is 11.8 Å². The highest BCUT2D eigenvalue weighted by Gasteiger charge is 2.28. The minimum absolute atomic E-state index is 0.233. The molecule has 2 aliphatic heterocycles. The van der Waals surface area contributed by atoms with Crippen molar-refractivity contribution >= 4 is 11.8 Å². The number of rotatable bonds is 0. The summed E-state index contributed by atoms with van der Waals surface area (Å²) in [4.78, 5) is 3.97. The lowest BCUT2D eigenvalue weighted by atomic mass is 9.81. The van der Waals surface area contributed by atoms with E-state index >= 15 is 0 Å². The van der Waals surface area contributed by atoms with E-state index in [4.69, 9.17) is 0 Å². The molecule has 1 unspecified atom stereocenters. The second-order valence-corrected chi connectivity index (χ2v) is 7.90. The molecule has 0 bridgehead atoms. The fourth-order valence-corrected chi connectivity index (χ4v) is 4.12. The van der Waals surface area contributed by atoms with Crippen LogP contribution in [-0.4, -0.2) is 24.2 Å². The van der Waals surface area contributed by atoms with Crippen LogP contribution in [0.15, 0.2) is 29.2 Å². The Morgan fingerprint density at radius 3 is 2.79 bits per heavy atom. The van der Waals surface area contributed by atoms with E-state index in [-0.39, 0.29) is 5.41 Å². The van der Waals surface area contributed by atoms with Crippen LogP contribution in [0, 0.1) is 0 Å². The molecule has 0 aliphatic carbocycles. The third-order valence-electron chi connectivity index (χ3n) is 4.12. The van der Waals surface area contributed by atoms with Crippen molar-refractivity contribution in [3.05, 3.63) is 41.0 Å². The molecular weight excluding hydrogens is 250 g/mol. The highest BCUT2D eigenvalue weighted by atomic mass is 32.2. The number of hydrogen-bond acceptors (Lipinski definition) is 2. The SMILES string of the molecule is CN1Cc2cc(C(C)(C)C)cc3c2C(C=CCS3)C1. The maximum atomic E-state index is 2.45. The van der Waals surface area contributed by atoms with Crippen molar-refractivity contribution in [3.8, 4) is 0 Å². The average molecular weight is 273 g/mol. The molecule has 0 fully saturated rings. The summed E-state index contributed by atoms with van der Waals surface area (Å²) in [6, 6.07) is 4.88. The van der Waals surface area contributed by atoms with E-state index in [1.54, 1.807) is 11.1 Å². The van der Waals surface area contributed by atoms with E-state index < -0.39 is 0 Å². The van der Waals surface area contributed by atoms with Crippen molar-refractivity contribution in [2.75, 3.05) is 19.3 Å². The van der Waals surface area contributed by atoms with Gasteiger partial charge in [0, 0.05) is 29.7 Å². The second kappa shape index (κ2) is 4.68. The van der Waals surface area contributed by atoms with Crippen LogP contribution in [0.2, 0.25) is 0 Å². The van der Waals surface area contributed by atoms with Crippen molar-refractivity contribution in [3.63, 3.8) is 0 Å². The molecule has 2 heteroatoms. The van der Waals surface area contributed by atoms with Gasteiger partial charge in [-0.2, -0.15) is 0 Å². The molecule has 3 rings (SSSR count). The van der Waals surface area contributed by atoms with E-state index in [0.29, 0.717) is 5.92 Å². The Bertz CT molecular complexity index is 525. The van der Waals surface area contributed by atoms with E-state index in [1.165, 1.54) is 10.5 Å². The predicted molar refractivity (Wildman–Crippen MR) is 84.1 cm³/mol. The standard InChI is InChI=1S/C17H23NS/c1-17(2,3)14-8-13-11-18(4)10-12-6-5-7-19-15(9-14)16(12)13/h5-6,8-9,12H,7,10-11H2,1-4H3. The molecule has 19 heavy (non-hydrogen) atoms. The first-order valence-corrected chi connectivity index (χ1v) is 8.09. The first-order chi connectivity index (χ1) is 8.95. The van der Waals surface area contributed by atoms with Crippen molar-refractivity contribution in [1.29, 1.82) is 0 Å². The first kappa shape index (κ1) is 13.3. The smallest absolute Gasteiger partial charge is 0.0234 e. The minimum atomic E-state index is 0.233. The van der Waals surface area contributed by atoms with E-state index in [9.17, 15) is 0 Å². The molecule has 0 N–H and O–H groups in total. The van der Waals surface area contributed by atoms with Gasteiger partial charge in [-0.25, -0.2) is 0 Å². The molecule has 2 heterocycles. The summed E-state index contributed by atoms with van der Waals surface area (Å²) in [6.45, 7) is 9.18. The third kappa shape index (κ3) is 2.48. The summed E-state index contributed by atoms with van der Waals surface area (Å²) in [5.74, 6) is 1.70. The molecule has 1 aromatic rings. The number of benzene rings is 1. The molecule has 2 aliphatic rings. The van der Waals surface area contributed by atoms with Crippen molar-refractivity contribution in [1.82, 2.24) is 4.90 Å². The van der Waals surface area contributed by atoms with Gasteiger partial charge in [0.25, 0.3) is 0 Å². The van der Waals surface area contributed by atoms with Gasteiger partial charge in [-0.3, -0.25) is 0 Å². The number of hydrogen-bond donors (Lipinski definition) is 0. The van der Waals surface area contributed by atoms with Crippen LogP contribution in [-0.2, 0) is 12.0 Å². The zero-order valence-corrected chi connectivity index (χ0v) is 13.2. The maximum absolute atomic E-state index is 2.45. The maximum Gasteiger partial charge on any atom is 0.0234 e. The lowest BCUT2D eigenvalue weighted by molar-refractivity contribution is 0.295. The molecule has 1 atom stereocenters. The van der Waals surface area contributed by atoms with Crippen LogP contribution in [0.1, 0.15) is 43.4 Å². The van der Waals surface area contributed by atoms with Gasteiger partial charge < -0.3 is 4.90 Å². The molecule has 1 aromatic carbocycles. The van der Waals surface area contributed by atoms with Gasteiger partial charge in [0.15, 0.2) is 0 Å². The normalized spacial score (nSPS) is 23.1. The summed E-state index contributed by atoms with van der Waals surface area (Å²) in [5, 5.41) is 0. The first-order valence-electron chi connectivity index (χ1n) is 7.10. The van der Waals surface area contributed by atoms with Gasteiger partial charge >= 0.3 is 0 Å². The Labute approximate surface area is 121 Å². The van der Waals surface area contributed by atoms with Crippen molar-refractivity contribution in [2.24, 2.45) is 0 Å². The Morgan fingerprint density at radius 2 is 2.05 bits per heavy atom. The van der Waals surface area contributed by atoms with E-state index in [1.807, 2.05) is 11.8 Å². The van der Waals surface area contributed by atoms with Crippen LogP contribution in [0.4, 0.5) is 0 Å². The molecule has 0 aromatic heterocycles. The lowest BCUT2D eigenvalue weighted by Crippen LogP contribution is -2.30. The van der Waals surface area contributed by atoms with Gasteiger partial charge in [-0.05, 0) is 35.2 Å². The van der Waals surface area contributed by atoms with Crippen molar-refractivity contribution < 1.29 is 0 Å².